The van der Waals surface area contributed by atoms with E-state index in [-0.39, 0.29) is 0 Å². The molecule has 0 spiro atoms. The van der Waals surface area contributed by atoms with E-state index in [0.29, 0.717) is 6.04 Å². The Balaban J connectivity index is 2.03. The summed E-state index contributed by atoms with van der Waals surface area (Å²) in [7, 11) is 0. The van der Waals surface area contributed by atoms with Crippen molar-refractivity contribution in [2.75, 3.05) is 6.54 Å². The maximum absolute atomic E-state index is 3.48. The van der Waals surface area contributed by atoms with E-state index in [1.807, 2.05) is 0 Å². The molecule has 1 fully saturated rings. The third-order valence-electron chi connectivity index (χ3n) is 2.59. The largest absolute Gasteiger partial charge is 0.314 e. The van der Waals surface area contributed by atoms with Crippen LogP contribution in [0.25, 0.3) is 0 Å². The molecule has 1 nitrogen and oxygen atoms in total. The molecular formula is C9H19N. The summed E-state index contributed by atoms with van der Waals surface area (Å²) < 4.78 is 0. The molecule has 0 bridgehead atoms. The molecule has 1 aliphatic rings. The molecule has 0 amide bonds. The van der Waals surface area contributed by atoms with Gasteiger partial charge in [-0.25, -0.2) is 0 Å². The van der Waals surface area contributed by atoms with Crippen molar-refractivity contribution >= 4 is 0 Å². The van der Waals surface area contributed by atoms with Crippen LogP contribution in [0.5, 0.6) is 0 Å². The van der Waals surface area contributed by atoms with Gasteiger partial charge in [0.2, 0.25) is 0 Å². The highest BCUT2D eigenvalue weighted by atomic mass is 14.9. The predicted octanol–water partition coefficient (Wildman–Crippen LogP) is 2.03. The van der Waals surface area contributed by atoms with E-state index in [9.17, 15) is 0 Å². The fourth-order valence-corrected chi connectivity index (χ4v) is 1.43. The van der Waals surface area contributed by atoms with Gasteiger partial charge in [0.05, 0.1) is 0 Å². The lowest BCUT2D eigenvalue weighted by Gasteiger charge is -2.34. The molecule has 0 aliphatic heterocycles. The van der Waals surface area contributed by atoms with Crippen LogP contribution in [0, 0.1) is 11.8 Å². The Morgan fingerprint density at radius 2 is 2.10 bits per heavy atom. The molecule has 2 atom stereocenters. The van der Waals surface area contributed by atoms with E-state index in [0.717, 1.165) is 11.8 Å². The maximum Gasteiger partial charge on any atom is 0.00104 e. The van der Waals surface area contributed by atoms with Crippen molar-refractivity contribution < 1.29 is 0 Å². The second-order valence-corrected chi connectivity index (χ2v) is 3.88. The zero-order valence-corrected chi connectivity index (χ0v) is 7.35. The molecule has 60 valence electrons. The maximum atomic E-state index is 3.48. The van der Waals surface area contributed by atoms with Crippen molar-refractivity contribution in [2.24, 2.45) is 11.8 Å². The fourth-order valence-electron chi connectivity index (χ4n) is 1.43. The van der Waals surface area contributed by atoms with E-state index in [1.165, 1.54) is 19.4 Å². The standard InChI is InChI=1S/C9H19N/c1-7(2)10-6-9-5-4-8(9)3/h7-10H,4-6H2,1-3H3. The monoisotopic (exact) mass is 141 g/mol. The van der Waals surface area contributed by atoms with Crippen molar-refractivity contribution in [3.8, 4) is 0 Å². The van der Waals surface area contributed by atoms with Crippen LogP contribution < -0.4 is 5.32 Å². The van der Waals surface area contributed by atoms with Gasteiger partial charge in [0.1, 0.15) is 0 Å². The molecule has 1 N–H and O–H groups in total. The molecule has 0 heterocycles. The Morgan fingerprint density at radius 3 is 2.40 bits per heavy atom. The van der Waals surface area contributed by atoms with Gasteiger partial charge in [-0.2, -0.15) is 0 Å². The van der Waals surface area contributed by atoms with E-state index in [4.69, 9.17) is 0 Å². The minimum atomic E-state index is 0.660. The van der Waals surface area contributed by atoms with Crippen molar-refractivity contribution in [2.45, 2.75) is 39.7 Å². The molecular weight excluding hydrogens is 122 g/mol. The Kier molecular flexibility index (Phi) is 2.72. The molecule has 1 aliphatic carbocycles. The molecule has 1 rings (SSSR count). The first-order valence-corrected chi connectivity index (χ1v) is 4.43. The summed E-state index contributed by atoms with van der Waals surface area (Å²) in [5.41, 5.74) is 0. The topological polar surface area (TPSA) is 12.0 Å². The molecule has 0 aromatic carbocycles. The van der Waals surface area contributed by atoms with Gasteiger partial charge in [-0.3, -0.25) is 0 Å². The van der Waals surface area contributed by atoms with Crippen LogP contribution in [0.4, 0.5) is 0 Å². The zero-order chi connectivity index (χ0) is 7.56. The van der Waals surface area contributed by atoms with Crippen molar-refractivity contribution in [3.05, 3.63) is 0 Å². The van der Waals surface area contributed by atoms with Crippen molar-refractivity contribution in [1.82, 2.24) is 5.32 Å². The SMILES string of the molecule is CC(C)NCC1CCC1C. The van der Waals surface area contributed by atoms with Gasteiger partial charge >= 0.3 is 0 Å². The van der Waals surface area contributed by atoms with Gasteiger partial charge < -0.3 is 5.32 Å². The molecule has 0 radical (unpaired) electrons. The van der Waals surface area contributed by atoms with E-state index in [2.05, 4.69) is 26.1 Å². The molecule has 0 saturated heterocycles. The molecule has 0 aromatic rings. The summed E-state index contributed by atoms with van der Waals surface area (Å²) in [6.45, 7) is 8.02. The van der Waals surface area contributed by atoms with Gasteiger partial charge in [-0.05, 0) is 24.8 Å². The van der Waals surface area contributed by atoms with Crippen molar-refractivity contribution in [3.63, 3.8) is 0 Å². The van der Waals surface area contributed by atoms with Crippen LogP contribution in [-0.4, -0.2) is 12.6 Å². The van der Waals surface area contributed by atoms with Crippen LogP contribution in [0.15, 0.2) is 0 Å². The van der Waals surface area contributed by atoms with Crippen molar-refractivity contribution in [1.29, 1.82) is 0 Å². The molecule has 1 heteroatoms. The normalized spacial score (nSPS) is 32.4. The highest BCUT2D eigenvalue weighted by molar-refractivity contribution is 4.79. The molecule has 1 saturated carbocycles. The van der Waals surface area contributed by atoms with Crippen LogP contribution in [0.2, 0.25) is 0 Å². The second kappa shape index (κ2) is 3.38. The van der Waals surface area contributed by atoms with E-state index in [1.54, 1.807) is 0 Å². The summed E-state index contributed by atoms with van der Waals surface area (Å²) in [6, 6.07) is 0.660. The lowest BCUT2D eigenvalue weighted by Crippen LogP contribution is -2.36. The smallest absolute Gasteiger partial charge is 0.00104 e. The summed E-state index contributed by atoms with van der Waals surface area (Å²) in [5.74, 6) is 1.95. The molecule has 2 unspecified atom stereocenters. The van der Waals surface area contributed by atoms with Crippen LogP contribution >= 0.6 is 0 Å². The second-order valence-electron chi connectivity index (χ2n) is 3.88. The van der Waals surface area contributed by atoms with Crippen LogP contribution in [0.1, 0.15) is 33.6 Å². The van der Waals surface area contributed by atoms with E-state index < -0.39 is 0 Å². The Hall–Kier alpha value is -0.0400. The highest BCUT2D eigenvalue weighted by Crippen LogP contribution is 2.32. The van der Waals surface area contributed by atoms with Crippen LogP contribution in [0.3, 0.4) is 0 Å². The Bertz CT molecular complexity index is 98.9. The number of nitrogens with one attached hydrogen (secondary N) is 1. The van der Waals surface area contributed by atoms with Gasteiger partial charge in [-0.1, -0.05) is 27.2 Å². The summed E-state index contributed by atoms with van der Waals surface area (Å²) in [6.07, 6.45) is 2.89. The minimum Gasteiger partial charge on any atom is -0.314 e. The van der Waals surface area contributed by atoms with Gasteiger partial charge in [0.15, 0.2) is 0 Å². The van der Waals surface area contributed by atoms with E-state index >= 15 is 0 Å². The number of hydrogen-bond donors (Lipinski definition) is 1. The lowest BCUT2D eigenvalue weighted by molar-refractivity contribution is 0.187. The van der Waals surface area contributed by atoms with Gasteiger partial charge in [-0.15, -0.1) is 0 Å². The first-order chi connectivity index (χ1) is 4.70. The first-order valence-electron chi connectivity index (χ1n) is 4.43. The summed E-state index contributed by atoms with van der Waals surface area (Å²) >= 11 is 0. The average molecular weight is 141 g/mol. The highest BCUT2D eigenvalue weighted by Gasteiger charge is 2.25. The molecule has 0 aromatic heterocycles. The van der Waals surface area contributed by atoms with Crippen LogP contribution in [-0.2, 0) is 0 Å². The Morgan fingerprint density at radius 1 is 1.40 bits per heavy atom. The predicted molar refractivity (Wildman–Crippen MR) is 45.0 cm³/mol. The van der Waals surface area contributed by atoms with Gasteiger partial charge in [0, 0.05) is 6.04 Å². The van der Waals surface area contributed by atoms with Gasteiger partial charge in [0.25, 0.3) is 0 Å². The molecule has 10 heavy (non-hydrogen) atoms. The number of hydrogen-bond acceptors (Lipinski definition) is 1. The quantitative estimate of drug-likeness (QED) is 0.634. The third kappa shape index (κ3) is 1.98. The summed E-state index contributed by atoms with van der Waals surface area (Å²) in [4.78, 5) is 0. The fraction of sp³-hybridized carbons (Fsp3) is 1.00. The first kappa shape index (κ1) is 8.06. The Labute approximate surface area is 64.2 Å². The minimum absolute atomic E-state index is 0.660. The average Bonchev–Trinajstić information content (AvgIpc) is 1.84. The lowest BCUT2D eigenvalue weighted by atomic mass is 9.75. The third-order valence-corrected chi connectivity index (χ3v) is 2.59. The number of rotatable bonds is 3. The summed E-state index contributed by atoms with van der Waals surface area (Å²) in [5, 5.41) is 3.48. The zero-order valence-electron chi connectivity index (χ0n) is 7.35.